The summed E-state index contributed by atoms with van der Waals surface area (Å²) >= 11 is 6.24. The van der Waals surface area contributed by atoms with E-state index in [9.17, 15) is 0 Å². The average molecular weight is 287 g/mol. The van der Waals surface area contributed by atoms with Crippen LogP contribution in [0.1, 0.15) is 29.7 Å². The Morgan fingerprint density at radius 2 is 2.05 bits per heavy atom. The second-order valence-electron chi connectivity index (χ2n) is 5.25. The third-order valence-electron chi connectivity index (χ3n) is 3.90. The van der Waals surface area contributed by atoms with Crippen molar-refractivity contribution >= 4 is 17.3 Å². The monoisotopic (exact) mass is 286 g/mol. The molecule has 1 atom stereocenters. The maximum Gasteiger partial charge on any atom is 0.0453 e. The van der Waals surface area contributed by atoms with Crippen molar-refractivity contribution in [1.29, 1.82) is 0 Å². The van der Waals surface area contributed by atoms with Crippen LogP contribution in [0.4, 0.5) is 5.69 Å². The van der Waals surface area contributed by atoms with E-state index >= 15 is 0 Å². The molecule has 104 valence electrons. The lowest BCUT2D eigenvalue weighted by Crippen LogP contribution is -2.19. The first-order valence-corrected chi connectivity index (χ1v) is 7.46. The molecule has 0 bridgehead atoms. The summed E-state index contributed by atoms with van der Waals surface area (Å²) in [5, 5.41) is 7.86. The van der Waals surface area contributed by atoms with Crippen molar-refractivity contribution in [2.45, 2.75) is 25.9 Å². The number of benzene rings is 2. The fourth-order valence-electron chi connectivity index (χ4n) is 2.76. The lowest BCUT2D eigenvalue weighted by Gasteiger charge is -2.17. The second kappa shape index (κ2) is 5.86. The first kappa shape index (κ1) is 13.5. The quantitative estimate of drug-likeness (QED) is 0.882. The van der Waals surface area contributed by atoms with Crippen LogP contribution in [0.3, 0.4) is 0 Å². The van der Waals surface area contributed by atoms with Crippen molar-refractivity contribution in [3.05, 3.63) is 64.2 Å². The molecule has 0 aromatic heterocycles. The van der Waals surface area contributed by atoms with E-state index in [1.54, 1.807) is 0 Å². The molecule has 0 spiro atoms. The molecule has 0 amide bonds. The molecule has 1 aliphatic heterocycles. The Hall–Kier alpha value is -1.51. The SMILES string of the molecule is CC(NCc1cccc2c1NCC2)c1ccccc1Cl. The van der Waals surface area contributed by atoms with Crippen LogP contribution in [0.2, 0.25) is 5.02 Å². The largest absolute Gasteiger partial charge is 0.384 e. The zero-order chi connectivity index (χ0) is 13.9. The normalized spacial score (nSPS) is 14.7. The molecule has 3 rings (SSSR count). The second-order valence-corrected chi connectivity index (χ2v) is 5.66. The minimum absolute atomic E-state index is 0.237. The van der Waals surface area contributed by atoms with Crippen molar-refractivity contribution in [3.63, 3.8) is 0 Å². The van der Waals surface area contributed by atoms with E-state index in [4.69, 9.17) is 11.6 Å². The molecule has 20 heavy (non-hydrogen) atoms. The standard InChI is InChI=1S/C17H19ClN2/c1-12(15-7-2-3-8-16(15)18)20-11-14-6-4-5-13-9-10-19-17(13)14/h2-8,12,19-20H,9-11H2,1H3. The van der Waals surface area contributed by atoms with E-state index in [-0.39, 0.29) is 6.04 Å². The number of nitrogens with one attached hydrogen (secondary N) is 2. The van der Waals surface area contributed by atoms with Gasteiger partial charge in [0, 0.05) is 29.8 Å². The van der Waals surface area contributed by atoms with Crippen molar-refractivity contribution in [2.75, 3.05) is 11.9 Å². The third kappa shape index (κ3) is 2.67. The minimum Gasteiger partial charge on any atom is -0.384 e. The molecule has 0 aliphatic carbocycles. The van der Waals surface area contributed by atoms with Crippen LogP contribution < -0.4 is 10.6 Å². The van der Waals surface area contributed by atoms with E-state index in [1.807, 2.05) is 18.2 Å². The summed E-state index contributed by atoms with van der Waals surface area (Å²) in [6, 6.07) is 14.8. The summed E-state index contributed by atoms with van der Waals surface area (Å²) in [7, 11) is 0. The first-order valence-electron chi connectivity index (χ1n) is 7.08. The van der Waals surface area contributed by atoms with Gasteiger partial charge >= 0.3 is 0 Å². The molecular formula is C17H19ClN2. The zero-order valence-electron chi connectivity index (χ0n) is 11.6. The smallest absolute Gasteiger partial charge is 0.0453 e. The van der Waals surface area contributed by atoms with E-state index in [2.05, 4.69) is 41.8 Å². The van der Waals surface area contributed by atoms with Crippen molar-refractivity contribution in [3.8, 4) is 0 Å². The lowest BCUT2D eigenvalue weighted by atomic mass is 10.1. The molecule has 3 heteroatoms. The van der Waals surface area contributed by atoms with Crippen LogP contribution >= 0.6 is 11.6 Å². The van der Waals surface area contributed by atoms with E-state index in [1.165, 1.54) is 16.8 Å². The Morgan fingerprint density at radius 1 is 1.20 bits per heavy atom. The van der Waals surface area contributed by atoms with Gasteiger partial charge in [-0.25, -0.2) is 0 Å². The van der Waals surface area contributed by atoms with Crippen LogP contribution in [0.25, 0.3) is 0 Å². The zero-order valence-corrected chi connectivity index (χ0v) is 12.4. The molecular weight excluding hydrogens is 268 g/mol. The van der Waals surface area contributed by atoms with Gasteiger partial charge in [0.25, 0.3) is 0 Å². The van der Waals surface area contributed by atoms with Crippen LogP contribution in [0.15, 0.2) is 42.5 Å². The molecule has 2 N–H and O–H groups in total. The number of halogens is 1. The highest BCUT2D eigenvalue weighted by Crippen LogP contribution is 2.27. The highest BCUT2D eigenvalue weighted by Gasteiger charge is 2.14. The van der Waals surface area contributed by atoms with Crippen LogP contribution in [0.5, 0.6) is 0 Å². The van der Waals surface area contributed by atoms with Gasteiger partial charge in [-0.2, -0.15) is 0 Å². The topological polar surface area (TPSA) is 24.1 Å². The Morgan fingerprint density at radius 3 is 2.90 bits per heavy atom. The molecule has 2 aromatic rings. The summed E-state index contributed by atoms with van der Waals surface area (Å²) in [6.45, 7) is 4.05. The van der Waals surface area contributed by atoms with Crippen molar-refractivity contribution < 1.29 is 0 Å². The highest BCUT2D eigenvalue weighted by molar-refractivity contribution is 6.31. The fourth-order valence-corrected chi connectivity index (χ4v) is 3.06. The van der Waals surface area contributed by atoms with E-state index < -0.39 is 0 Å². The van der Waals surface area contributed by atoms with Gasteiger partial charge < -0.3 is 10.6 Å². The number of rotatable bonds is 4. The number of hydrogen-bond donors (Lipinski definition) is 2. The first-order chi connectivity index (χ1) is 9.75. The predicted octanol–water partition coefficient (Wildman–Crippen LogP) is 4.16. The van der Waals surface area contributed by atoms with Gasteiger partial charge in [-0.05, 0) is 36.1 Å². The van der Waals surface area contributed by atoms with E-state index in [0.717, 1.165) is 30.1 Å². The van der Waals surface area contributed by atoms with Crippen LogP contribution in [0, 0.1) is 0 Å². The Balaban J connectivity index is 1.71. The summed E-state index contributed by atoms with van der Waals surface area (Å²) < 4.78 is 0. The summed E-state index contributed by atoms with van der Waals surface area (Å²) in [5.41, 5.74) is 5.22. The van der Waals surface area contributed by atoms with Gasteiger partial charge in [0.05, 0.1) is 0 Å². The molecule has 1 aliphatic rings. The molecule has 1 unspecified atom stereocenters. The molecule has 2 nitrogen and oxygen atoms in total. The maximum absolute atomic E-state index is 6.24. The van der Waals surface area contributed by atoms with Gasteiger partial charge in [0.15, 0.2) is 0 Å². The van der Waals surface area contributed by atoms with Gasteiger partial charge in [-0.3, -0.25) is 0 Å². The molecule has 0 saturated carbocycles. The third-order valence-corrected chi connectivity index (χ3v) is 4.25. The number of hydrogen-bond acceptors (Lipinski definition) is 2. The Labute approximate surface area is 125 Å². The summed E-state index contributed by atoms with van der Waals surface area (Å²) in [6.07, 6.45) is 1.13. The Kier molecular flexibility index (Phi) is 3.95. The summed E-state index contributed by atoms with van der Waals surface area (Å²) in [5.74, 6) is 0. The fraction of sp³-hybridized carbons (Fsp3) is 0.294. The number of para-hydroxylation sites is 1. The van der Waals surface area contributed by atoms with E-state index in [0.29, 0.717) is 0 Å². The average Bonchev–Trinajstić information content (AvgIpc) is 2.94. The minimum atomic E-state index is 0.237. The lowest BCUT2D eigenvalue weighted by molar-refractivity contribution is 0.575. The number of anilines is 1. The van der Waals surface area contributed by atoms with Crippen LogP contribution in [-0.2, 0) is 13.0 Å². The number of fused-ring (bicyclic) bond motifs is 1. The van der Waals surface area contributed by atoms with Gasteiger partial charge in [-0.15, -0.1) is 0 Å². The van der Waals surface area contributed by atoms with Gasteiger partial charge in [0.1, 0.15) is 0 Å². The molecule has 1 heterocycles. The maximum atomic E-state index is 6.24. The van der Waals surface area contributed by atoms with Crippen molar-refractivity contribution in [2.24, 2.45) is 0 Å². The van der Waals surface area contributed by atoms with Gasteiger partial charge in [0.2, 0.25) is 0 Å². The van der Waals surface area contributed by atoms with Crippen molar-refractivity contribution in [1.82, 2.24) is 5.32 Å². The van der Waals surface area contributed by atoms with Gasteiger partial charge in [-0.1, -0.05) is 48.0 Å². The highest BCUT2D eigenvalue weighted by atomic mass is 35.5. The summed E-state index contributed by atoms with van der Waals surface area (Å²) in [4.78, 5) is 0. The molecule has 2 aromatic carbocycles. The predicted molar refractivity (Wildman–Crippen MR) is 85.3 cm³/mol. The molecule has 0 fully saturated rings. The molecule has 0 radical (unpaired) electrons. The molecule has 0 saturated heterocycles. The Bertz CT molecular complexity index is 610. The van der Waals surface area contributed by atoms with Crippen LogP contribution in [-0.4, -0.2) is 6.54 Å².